The predicted molar refractivity (Wildman–Crippen MR) is 214 cm³/mol. The molecule has 1 aliphatic carbocycles. The van der Waals surface area contributed by atoms with Crippen molar-refractivity contribution in [2.24, 2.45) is 23.7 Å². The summed E-state index contributed by atoms with van der Waals surface area (Å²) < 4.78 is 38.6. The quantitative estimate of drug-likeness (QED) is 0.133. The largest absolute Gasteiger partial charge is 0.457 e. The lowest BCUT2D eigenvalue weighted by molar-refractivity contribution is -0.336. The molecule has 7 N–H and O–H groups in total. The monoisotopic (exact) mass is 818 g/mol. The van der Waals surface area contributed by atoms with E-state index in [4.69, 9.17) is 28.4 Å². The Morgan fingerprint density at radius 1 is 1.05 bits per heavy atom. The minimum absolute atomic E-state index is 0.104. The molecule has 4 aliphatic rings. The summed E-state index contributed by atoms with van der Waals surface area (Å²) in [6.07, 6.45) is -5.10. The molecule has 0 aromatic heterocycles. The van der Waals surface area contributed by atoms with E-state index in [0.29, 0.717) is 18.9 Å². The fourth-order valence-corrected chi connectivity index (χ4v) is 9.54. The molecule has 15 heteroatoms. The lowest BCUT2D eigenvalue weighted by atomic mass is 9.75. The summed E-state index contributed by atoms with van der Waals surface area (Å²) >= 11 is 0. The van der Waals surface area contributed by atoms with Crippen molar-refractivity contribution < 1.29 is 58.7 Å². The Bertz CT molecular complexity index is 1290. The second-order valence-electron chi connectivity index (χ2n) is 19.1. The van der Waals surface area contributed by atoms with Crippen molar-refractivity contribution in [1.82, 2.24) is 15.5 Å². The molecule has 0 amide bonds. The average molecular weight is 818 g/mol. The van der Waals surface area contributed by atoms with Gasteiger partial charge in [0.05, 0.1) is 42.0 Å². The maximum atomic E-state index is 14.5. The summed E-state index contributed by atoms with van der Waals surface area (Å²) in [5.41, 5.74) is -5.90. The zero-order valence-electron chi connectivity index (χ0n) is 37.1. The molecule has 1 saturated carbocycles. The molecular formula is C42H79N3O12. The number of aliphatic hydroxyl groups is 5. The SMILES string of the molecule is CC[C@@H](O)[C@@](C)(O)C1OC(=O)[C@H](C)[C@H](O[C@H]2C[C@@](C)(OC)[C@](O)(CNCC3CC3)[C@H](C)O2)[C@H](C)[C@H](O[C@@H]2O[C@H](C)C[C@H](N(C)C)C2O)[C@@](C)(O)C[C@H](C)CN[C@@H]1C. The summed E-state index contributed by atoms with van der Waals surface area (Å²) in [4.78, 5) is 16.4. The molecule has 0 aromatic carbocycles. The molecule has 4 fully saturated rings. The molecule has 3 heterocycles. The van der Waals surface area contributed by atoms with Crippen molar-refractivity contribution >= 4 is 5.97 Å². The van der Waals surface area contributed by atoms with Crippen LogP contribution >= 0.6 is 0 Å². The number of likely N-dealkylation sites (N-methyl/N-ethyl adjacent to an activating group) is 1. The molecule has 3 saturated heterocycles. The molecule has 0 radical (unpaired) electrons. The van der Waals surface area contributed by atoms with Gasteiger partial charge in [0.25, 0.3) is 0 Å². The zero-order chi connectivity index (χ0) is 42.8. The standard InChI is InChI=1S/C42H79N3O12/c1-14-31(46)41(10,50)36-27(6)44-20-23(2)18-39(8,49)35(57-38-33(47)30(45(11)12)17-24(3)53-38)25(4)34(26(5)37(48)56-36)55-32-19-40(9,52-13)42(51,28(7)54-32)22-43-21-29-15-16-29/h23-36,38,43-44,46-47,49-51H,14-22H2,1-13H3/t23-,24+,25-,26+,27+,28-,30-,31+,32-,33?,34+,35-,36?,38-,39-,40+,41+,42-/m0/s1. The third-order valence-electron chi connectivity index (χ3n) is 13.7. The lowest BCUT2D eigenvalue weighted by Crippen LogP contribution is -2.70. The zero-order valence-corrected chi connectivity index (χ0v) is 37.1. The molecule has 3 aliphatic heterocycles. The molecule has 18 atom stereocenters. The van der Waals surface area contributed by atoms with Gasteiger partial charge >= 0.3 is 5.97 Å². The lowest BCUT2D eigenvalue weighted by Gasteiger charge is -2.53. The number of methoxy groups -OCH3 is 1. The third kappa shape index (κ3) is 11.1. The van der Waals surface area contributed by atoms with Crippen LogP contribution < -0.4 is 10.6 Å². The van der Waals surface area contributed by atoms with Crippen LogP contribution in [0.2, 0.25) is 0 Å². The summed E-state index contributed by atoms with van der Waals surface area (Å²) in [5, 5.41) is 65.7. The molecule has 2 unspecified atom stereocenters. The molecule has 57 heavy (non-hydrogen) atoms. The maximum Gasteiger partial charge on any atom is 0.311 e. The molecular weight excluding hydrogens is 738 g/mol. The number of hydrogen-bond donors (Lipinski definition) is 7. The van der Waals surface area contributed by atoms with E-state index < -0.39 is 95.5 Å². The first-order valence-corrected chi connectivity index (χ1v) is 21.4. The van der Waals surface area contributed by atoms with E-state index >= 15 is 0 Å². The van der Waals surface area contributed by atoms with Gasteiger partial charge in [-0.3, -0.25) is 4.79 Å². The van der Waals surface area contributed by atoms with Gasteiger partial charge < -0.3 is 69.5 Å². The highest BCUT2D eigenvalue weighted by atomic mass is 16.7. The molecule has 334 valence electrons. The van der Waals surface area contributed by atoms with Crippen molar-refractivity contribution in [2.45, 2.75) is 198 Å². The normalized spacial score (nSPS) is 45.9. The molecule has 4 rings (SSSR count). The van der Waals surface area contributed by atoms with E-state index in [9.17, 15) is 30.3 Å². The number of rotatable bonds is 13. The number of nitrogens with zero attached hydrogens (tertiary/aromatic N) is 1. The van der Waals surface area contributed by atoms with Gasteiger partial charge in [0.2, 0.25) is 0 Å². The number of aliphatic hydroxyl groups excluding tert-OH is 2. The number of carbonyl (C=O) groups is 1. The van der Waals surface area contributed by atoms with E-state index in [1.54, 1.807) is 41.7 Å². The number of hydrogen-bond acceptors (Lipinski definition) is 15. The number of ether oxygens (including phenoxy) is 6. The van der Waals surface area contributed by atoms with Crippen molar-refractivity contribution in [3.05, 3.63) is 0 Å². The predicted octanol–water partition coefficient (Wildman–Crippen LogP) is 1.93. The minimum Gasteiger partial charge on any atom is -0.457 e. The Kier molecular flexibility index (Phi) is 16.5. The fourth-order valence-electron chi connectivity index (χ4n) is 9.54. The van der Waals surface area contributed by atoms with Crippen LogP contribution in [0.4, 0.5) is 0 Å². The van der Waals surface area contributed by atoms with Gasteiger partial charge in [-0.05, 0) is 120 Å². The number of cyclic esters (lactones) is 1. The van der Waals surface area contributed by atoms with E-state index in [0.717, 1.165) is 6.54 Å². The summed E-state index contributed by atoms with van der Waals surface area (Å²) in [6.45, 7) is 19.1. The smallest absolute Gasteiger partial charge is 0.311 e. The van der Waals surface area contributed by atoms with Gasteiger partial charge in [-0.15, -0.1) is 0 Å². The number of carbonyl (C=O) groups excluding carboxylic acids is 1. The molecule has 0 bridgehead atoms. The van der Waals surface area contributed by atoms with Crippen LogP contribution in [-0.2, 0) is 33.2 Å². The molecule has 0 aromatic rings. The number of esters is 1. The van der Waals surface area contributed by atoms with E-state index in [1.807, 2.05) is 46.7 Å². The maximum absolute atomic E-state index is 14.5. The third-order valence-corrected chi connectivity index (χ3v) is 13.7. The van der Waals surface area contributed by atoms with Crippen molar-refractivity contribution in [3.8, 4) is 0 Å². The first kappa shape index (κ1) is 48.6. The second-order valence-corrected chi connectivity index (χ2v) is 19.1. The van der Waals surface area contributed by atoms with E-state index in [-0.39, 0.29) is 43.9 Å². The highest BCUT2D eigenvalue weighted by Crippen LogP contribution is 2.43. The summed E-state index contributed by atoms with van der Waals surface area (Å²) in [5.74, 6) is -2.05. The molecule has 15 nitrogen and oxygen atoms in total. The summed E-state index contributed by atoms with van der Waals surface area (Å²) in [6, 6.07) is -0.871. The Balaban J connectivity index is 1.77. The van der Waals surface area contributed by atoms with Gasteiger partial charge in [-0.1, -0.05) is 20.8 Å². The van der Waals surface area contributed by atoms with Gasteiger partial charge in [0.15, 0.2) is 12.6 Å². The van der Waals surface area contributed by atoms with Crippen LogP contribution in [0.25, 0.3) is 0 Å². The van der Waals surface area contributed by atoms with Gasteiger partial charge in [0.1, 0.15) is 29.0 Å². The number of nitrogens with one attached hydrogen (secondary N) is 2. The Hall–Kier alpha value is -1.05. The highest BCUT2D eigenvalue weighted by Gasteiger charge is 2.58. The second kappa shape index (κ2) is 19.3. The Morgan fingerprint density at radius 2 is 1.70 bits per heavy atom. The first-order chi connectivity index (χ1) is 26.4. The molecule has 0 spiro atoms. The van der Waals surface area contributed by atoms with E-state index in [1.165, 1.54) is 19.8 Å². The van der Waals surface area contributed by atoms with Crippen molar-refractivity contribution in [3.63, 3.8) is 0 Å². The van der Waals surface area contributed by atoms with Crippen LogP contribution in [0, 0.1) is 23.7 Å². The average Bonchev–Trinajstić information content (AvgIpc) is 3.96. The first-order valence-electron chi connectivity index (χ1n) is 21.4. The fraction of sp³-hybridized carbons (Fsp3) is 0.976. The summed E-state index contributed by atoms with van der Waals surface area (Å²) in [7, 11) is 5.33. The highest BCUT2D eigenvalue weighted by molar-refractivity contribution is 5.73. The Labute approximate surface area is 341 Å². The van der Waals surface area contributed by atoms with Crippen LogP contribution in [0.3, 0.4) is 0 Å². The van der Waals surface area contributed by atoms with Gasteiger partial charge in [-0.2, -0.15) is 0 Å². The van der Waals surface area contributed by atoms with Crippen LogP contribution in [0.1, 0.15) is 108 Å². The van der Waals surface area contributed by atoms with Crippen LogP contribution in [0.5, 0.6) is 0 Å². The van der Waals surface area contributed by atoms with Gasteiger partial charge in [-0.25, -0.2) is 0 Å². The Morgan fingerprint density at radius 3 is 2.28 bits per heavy atom. The van der Waals surface area contributed by atoms with Gasteiger partial charge in [0, 0.05) is 38.1 Å². The van der Waals surface area contributed by atoms with Crippen molar-refractivity contribution in [1.29, 1.82) is 0 Å². The van der Waals surface area contributed by atoms with Crippen molar-refractivity contribution in [2.75, 3.05) is 40.8 Å². The minimum atomic E-state index is -1.81. The van der Waals surface area contributed by atoms with Crippen LogP contribution in [-0.4, -0.2) is 167 Å². The topological polar surface area (TPSA) is 201 Å². The van der Waals surface area contributed by atoms with Crippen LogP contribution in [0.15, 0.2) is 0 Å². The van der Waals surface area contributed by atoms with E-state index in [2.05, 4.69) is 10.6 Å².